The molecule has 0 fully saturated rings. The first-order valence-electron chi connectivity index (χ1n) is 6.11. The highest BCUT2D eigenvalue weighted by atomic mass is 32.1. The average Bonchev–Trinajstić information content (AvgIpc) is 2.78. The van der Waals surface area contributed by atoms with Gasteiger partial charge >= 0.3 is 0 Å². The maximum Gasteiger partial charge on any atom is 0.0730 e. The monoisotopic (exact) mass is 241 g/mol. The van der Waals surface area contributed by atoms with Gasteiger partial charge in [-0.25, -0.2) is 0 Å². The molecule has 0 aliphatic carbocycles. The minimum atomic E-state index is 0.333. The van der Waals surface area contributed by atoms with E-state index in [0.29, 0.717) is 12.1 Å². The van der Waals surface area contributed by atoms with Gasteiger partial charge in [0.15, 0.2) is 0 Å². The van der Waals surface area contributed by atoms with E-state index in [9.17, 15) is 0 Å². The van der Waals surface area contributed by atoms with E-state index >= 15 is 0 Å². The Morgan fingerprint density at radius 2 is 2.25 bits per heavy atom. The molecule has 0 saturated carbocycles. The zero-order valence-electron chi connectivity index (χ0n) is 10.5. The SMILES string of the molecule is CCCC(OCC)C(Cc1ccsc1)NC. The number of hydrogen-bond acceptors (Lipinski definition) is 3. The lowest BCUT2D eigenvalue weighted by molar-refractivity contribution is 0.0301. The molecule has 0 aromatic carbocycles. The second-order valence-electron chi connectivity index (χ2n) is 4.01. The number of likely N-dealkylation sites (N-methyl/N-ethyl adjacent to an activating group) is 1. The van der Waals surface area contributed by atoms with Crippen LogP contribution in [0.5, 0.6) is 0 Å². The van der Waals surface area contributed by atoms with Crippen LogP contribution in [-0.2, 0) is 11.2 Å². The molecular formula is C13H23NOS. The van der Waals surface area contributed by atoms with Gasteiger partial charge in [-0.3, -0.25) is 0 Å². The normalized spacial score (nSPS) is 14.9. The Balaban J connectivity index is 2.55. The standard InChI is InChI=1S/C13H23NOS/c1-4-6-13(15-5-2)12(14-3)9-11-7-8-16-10-11/h7-8,10,12-14H,4-6,9H2,1-3H3. The van der Waals surface area contributed by atoms with Crippen molar-refractivity contribution in [3.8, 4) is 0 Å². The first-order valence-corrected chi connectivity index (χ1v) is 7.06. The van der Waals surface area contributed by atoms with E-state index in [-0.39, 0.29) is 0 Å². The summed E-state index contributed by atoms with van der Waals surface area (Å²) in [5.74, 6) is 0. The molecule has 0 bridgehead atoms. The van der Waals surface area contributed by atoms with Gasteiger partial charge in [-0.05, 0) is 49.2 Å². The number of rotatable bonds is 8. The van der Waals surface area contributed by atoms with E-state index in [1.165, 1.54) is 12.0 Å². The molecule has 3 heteroatoms. The minimum absolute atomic E-state index is 0.333. The van der Waals surface area contributed by atoms with Gasteiger partial charge < -0.3 is 10.1 Å². The van der Waals surface area contributed by atoms with Crippen LogP contribution < -0.4 is 5.32 Å². The van der Waals surface area contributed by atoms with E-state index in [1.54, 1.807) is 11.3 Å². The molecular weight excluding hydrogens is 218 g/mol. The highest BCUT2D eigenvalue weighted by Crippen LogP contribution is 2.15. The molecule has 1 heterocycles. The van der Waals surface area contributed by atoms with Crippen LogP contribution in [0.15, 0.2) is 16.8 Å². The lowest BCUT2D eigenvalue weighted by Crippen LogP contribution is -2.41. The van der Waals surface area contributed by atoms with Crippen LogP contribution in [-0.4, -0.2) is 25.8 Å². The van der Waals surface area contributed by atoms with Crippen LogP contribution in [0.2, 0.25) is 0 Å². The Morgan fingerprint density at radius 3 is 2.75 bits per heavy atom. The van der Waals surface area contributed by atoms with E-state index < -0.39 is 0 Å². The lowest BCUT2D eigenvalue weighted by atomic mass is 10.00. The molecule has 0 spiro atoms. The van der Waals surface area contributed by atoms with Gasteiger partial charge in [-0.1, -0.05) is 13.3 Å². The Morgan fingerprint density at radius 1 is 1.44 bits per heavy atom. The third kappa shape index (κ3) is 4.24. The molecule has 0 radical (unpaired) electrons. The fourth-order valence-corrected chi connectivity index (χ4v) is 2.66. The summed E-state index contributed by atoms with van der Waals surface area (Å²) in [5.41, 5.74) is 1.41. The molecule has 2 nitrogen and oxygen atoms in total. The third-order valence-electron chi connectivity index (χ3n) is 2.81. The molecule has 0 aliphatic heterocycles. The van der Waals surface area contributed by atoms with Gasteiger partial charge in [-0.2, -0.15) is 11.3 Å². The summed E-state index contributed by atoms with van der Waals surface area (Å²) in [7, 11) is 2.03. The fourth-order valence-electron chi connectivity index (χ4n) is 1.98. The van der Waals surface area contributed by atoms with Gasteiger partial charge in [0.05, 0.1) is 6.10 Å². The second-order valence-corrected chi connectivity index (χ2v) is 4.79. The van der Waals surface area contributed by atoms with Crippen molar-refractivity contribution >= 4 is 11.3 Å². The lowest BCUT2D eigenvalue weighted by Gasteiger charge is -2.26. The summed E-state index contributed by atoms with van der Waals surface area (Å²) < 4.78 is 5.83. The number of hydrogen-bond donors (Lipinski definition) is 1. The van der Waals surface area contributed by atoms with Gasteiger partial charge in [0.25, 0.3) is 0 Å². The number of thiophene rings is 1. The first kappa shape index (κ1) is 13.7. The van der Waals surface area contributed by atoms with Crippen molar-refractivity contribution in [2.24, 2.45) is 0 Å². The van der Waals surface area contributed by atoms with Crippen LogP contribution in [0.25, 0.3) is 0 Å². The minimum Gasteiger partial charge on any atom is -0.377 e. The van der Waals surface area contributed by atoms with Crippen molar-refractivity contribution in [2.45, 2.75) is 45.3 Å². The van der Waals surface area contributed by atoms with E-state index in [4.69, 9.17) is 4.74 Å². The average molecular weight is 241 g/mol. The topological polar surface area (TPSA) is 21.3 Å². The number of ether oxygens (including phenoxy) is 1. The van der Waals surface area contributed by atoms with Crippen molar-refractivity contribution < 1.29 is 4.74 Å². The molecule has 92 valence electrons. The third-order valence-corrected chi connectivity index (χ3v) is 3.54. The summed E-state index contributed by atoms with van der Waals surface area (Å²) in [6.07, 6.45) is 3.69. The number of nitrogens with one attached hydrogen (secondary N) is 1. The maximum atomic E-state index is 5.83. The Kier molecular flexibility index (Phi) is 6.69. The van der Waals surface area contributed by atoms with E-state index in [2.05, 4.69) is 36.0 Å². The molecule has 2 unspecified atom stereocenters. The van der Waals surface area contributed by atoms with Crippen molar-refractivity contribution in [1.82, 2.24) is 5.32 Å². The summed E-state index contributed by atoms with van der Waals surface area (Å²) in [5, 5.41) is 7.75. The maximum absolute atomic E-state index is 5.83. The van der Waals surface area contributed by atoms with Gasteiger partial charge in [0, 0.05) is 12.6 Å². The van der Waals surface area contributed by atoms with Crippen LogP contribution in [0.3, 0.4) is 0 Å². The molecule has 16 heavy (non-hydrogen) atoms. The summed E-state index contributed by atoms with van der Waals surface area (Å²) >= 11 is 1.76. The fraction of sp³-hybridized carbons (Fsp3) is 0.692. The summed E-state index contributed by atoms with van der Waals surface area (Å²) in [4.78, 5) is 0. The highest BCUT2D eigenvalue weighted by Gasteiger charge is 2.19. The van der Waals surface area contributed by atoms with Gasteiger partial charge in [0.2, 0.25) is 0 Å². The van der Waals surface area contributed by atoms with Crippen molar-refractivity contribution in [2.75, 3.05) is 13.7 Å². The first-order chi connectivity index (χ1) is 7.81. The van der Waals surface area contributed by atoms with Crippen molar-refractivity contribution in [3.63, 3.8) is 0 Å². The zero-order chi connectivity index (χ0) is 11.8. The van der Waals surface area contributed by atoms with Gasteiger partial charge in [0.1, 0.15) is 0 Å². The zero-order valence-corrected chi connectivity index (χ0v) is 11.3. The van der Waals surface area contributed by atoms with Crippen LogP contribution in [0, 0.1) is 0 Å². The molecule has 1 N–H and O–H groups in total. The quantitative estimate of drug-likeness (QED) is 0.755. The predicted molar refractivity (Wildman–Crippen MR) is 71.2 cm³/mol. The van der Waals surface area contributed by atoms with E-state index in [0.717, 1.165) is 19.4 Å². The van der Waals surface area contributed by atoms with Gasteiger partial charge in [-0.15, -0.1) is 0 Å². The molecule has 1 aromatic rings. The summed E-state index contributed by atoms with van der Waals surface area (Å²) in [6, 6.07) is 2.62. The largest absolute Gasteiger partial charge is 0.377 e. The molecule has 0 saturated heterocycles. The summed E-state index contributed by atoms with van der Waals surface area (Å²) in [6.45, 7) is 5.08. The molecule has 0 amide bonds. The Hall–Kier alpha value is -0.380. The smallest absolute Gasteiger partial charge is 0.0730 e. The molecule has 2 atom stereocenters. The van der Waals surface area contributed by atoms with Crippen LogP contribution >= 0.6 is 11.3 Å². The molecule has 1 aromatic heterocycles. The predicted octanol–water partition coefficient (Wildman–Crippen LogP) is 3.08. The van der Waals surface area contributed by atoms with E-state index in [1.807, 2.05) is 7.05 Å². The molecule has 1 rings (SSSR count). The Bertz CT molecular complexity index is 255. The van der Waals surface area contributed by atoms with Crippen molar-refractivity contribution in [3.05, 3.63) is 22.4 Å². The molecule has 0 aliphatic rings. The van der Waals surface area contributed by atoms with Crippen LogP contribution in [0.1, 0.15) is 32.3 Å². The highest BCUT2D eigenvalue weighted by molar-refractivity contribution is 7.07. The second kappa shape index (κ2) is 7.82. The van der Waals surface area contributed by atoms with Crippen LogP contribution in [0.4, 0.5) is 0 Å². The Labute approximate surface area is 103 Å². The van der Waals surface area contributed by atoms with Crippen molar-refractivity contribution in [1.29, 1.82) is 0 Å².